The first-order valence-electron chi connectivity index (χ1n) is 8.75. The highest BCUT2D eigenvalue weighted by atomic mass is 35.5. The van der Waals surface area contributed by atoms with Gasteiger partial charge in [0.15, 0.2) is 0 Å². The van der Waals surface area contributed by atoms with Crippen LogP contribution in [0.3, 0.4) is 0 Å². The lowest BCUT2D eigenvalue weighted by Crippen LogP contribution is -2.11. The molecule has 0 fully saturated rings. The second kappa shape index (κ2) is 8.63. The number of aryl methyl sites for hydroxylation is 1. The van der Waals surface area contributed by atoms with E-state index < -0.39 is 0 Å². The van der Waals surface area contributed by atoms with Crippen molar-refractivity contribution in [1.82, 2.24) is 14.9 Å². The second-order valence-electron chi connectivity index (χ2n) is 6.50. The van der Waals surface area contributed by atoms with Crippen LogP contribution in [0.4, 0.5) is 0 Å². The molecule has 0 aliphatic heterocycles. The Bertz CT molecular complexity index is 1040. The van der Waals surface area contributed by atoms with Crippen molar-refractivity contribution >= 4 is 39.8 Å². The van der Waals surface area contributed by atoms with Gasteiger partial charge in [0.2, 0.25) is 0 Å². The molecule has 3 rings (SSSR count). The monoisotopic (exact) mass is 413 g/mol. The summed E-state index contributed by atoms with van der Waals surface area (Å²) in [6.45, 7) is 6.01. The van der Waals surface area contributed by atoms with E-state index in [4.69, 9.17) is 32.9 Å². The highest BCUT2D eigenvalue weighted by Crippen LogP contribution is 2.33. The maximum atomic E-state index is 6.23. The van der Waals surface area contributed by atoms with E-state index in [1.165, 1.54) is 0 Å². The lowest BCUT2D eigenvalue weighted by Gasteiger charge is -2.20. The Morgan fingerprint density at radius 2 is 2.04 bits per heavy atom. The number of fused-ring (bicyclic) bond motifs is 1. The van der Waals surface area contributed by atoms with Crippen LogP contribution in [-0.4, -0.2) is 29.0 Å². The van der Waals surface area contributed by atoms with Gasteiger partial charge in [-0.3, -0.25) is 0 Å². The Morgan fingerprint density at radius 3 is 2.71 bits per heavy atom. The first kappa shape index (κ1) is 20.2. The summed E-state index contributed by atoms with van der Waals surface area (Å²) in [5.74, 6) is 0.662. The van der Waals surface area contributed by atoms with Gasteiger partial charge in [-0.2, -0.15) is 0 Å². The van der Waals surface area contributed by atoms with Crippen LogP contribution in [0.1, 0.15) is 16.8 Å². The summed E-state index contributed by atoms with van der Waals surface area (Å²) in [6.07, 6.45) is 5.33. The fourth-order valence-corrected chi connectivity index (χ4v) is 3.46. The molecular weight excluding hydrogens is 393 g/mol. The average molecular weight is 414 g/mol. The van der Waals surface area contributed by atoms with Gasteiger partial charge in [-0.15, -0.1) is 0 Å². The minimum absolute atomic E-state index is 0.207. The molecule has 1 aromatic carbocycles. The molecule has 28 heavy (non-hydrogen) atoms. The largest absolute Gasteiger partial charge is 0.486 e. The molecule has 144 valence electrons. The maximum absolute atomic E-state index is 6.23. The lowest BCUT2D eigenvalue weighted by atomic mass is 10.0. The van der Waals surface area contributed by atoms with Crippen LogP contribution in [0.15, 0.2) is 55.3 Å². The van der Waals surface area contributed by atoms with Crippen LogP contribution >= 0.6 is 23.2 Å². The molecule has 0 unspecified atom stereocenters. The van der Waals surface area contributed by atoms with E-state index in [0.29, 0.717) is 21.5 Å². The van der Waals surface area contributed by atoms with Gasteiger partial charge in [0.25, 0.3) is 0 Å². The predicted octanol–water partition coefficient (Wildman–Crippen LogP) is 5.91. The molecule has 0 spiro atoms. The van der Waals surface area contributed by atoms with Gasteiger partial charge >= 0.3 is 0 Å². The quantitative estimate of drug-likeness (QED) is 0.371. The molecule has 0 aliphatic rings. The van der Waals surface area contributed by atoms with Crippen LogP contribution in [0, 0.1) is 6.92 Å². The number of nitrogens with zero attached hydrogens (tertiary/aromatic N) is 3. The molecule has 2 aromatic heterocycles. The number of allylic oxidation sites excluding steroid dienone is 2. The zero-order chi connectivity index (χ0) is 20.3. The number of halogens is 2. The standard InChI is InChI=1S/C22H21Cl2N3O/c1-5-7-19(27(3)4)16-12-14(2)26-21-15(16)8-6-9-20(21)28-13-17-18(23)10-11-25-22(17)24/h5-12H,1,13H2,2-4H3/b19-7-. The number of hydrogen-bond acceptors (Lipinski definition) is 4. The van der Waals surface area contributed by atoms with Crippen molar-refractivity contribution in [1.29, 1.82) is 0 Å². The highest BCUT2D eigenvalue weighted by Gasteiger charge is 2.14. The van der Waals surface area contributed by atoms with Crippen molar-refractivity contribution in [2.75, 3.05) is 14.1 Å². The van der Waals surface area contributed by atoms with Crippen LogP contribution in [0.5, 0.6) is 5.75 Å². The normalized spacial score (nSPS) is 11.5. The van der Waals surface area contributed by atoms with Gasteiger partial charge in [-0.05, 0) is 31.2 Å². The molecule has 2 heterocycles. The fourth-order valence-electron chi connectivity index (χ4n) is 2.99. The molecule has 3 aromatic rings. The molecule has 0 radical (unpaired) electrons. The van der Waals surface area contributed by atoms with Crippen molar-refractivity contribution in [2.45, 2.75) is 13.5 Å². The smallest absolute Gasteiger partial charge is 0.146 e. The van der Waals surface area contributed by atoms with Gasteiger partial charge in [0.1, 0.15) is 23.0 Å². The highest BCUT2D eigenvalue weighted by molar-refractivity contribution is 6.35. The first-order chi connectivity index (χ1) is 13.4. The van der Waals surface area contributed by atoms with Crippen LogP contribution < -0.4 is 4.74 Å². The van der Waals surface area contributed by atoms with Crippen molar-refractivity contribution in [3.05, 3.63) is 82.3 Å². The zero-order valence-electron chi connectivity index (χ0n) is 16.0. The number of para-hydroxylation sites is 1. The molecule has 0 N–H and O–H groups in total. The predicted molar refractivity (Wildman–Crippen MR) is 117 cm³/mol. The van der Waals surface area contributed by atoms with E-state index in [-0.39, 0.29) is 6.61 Å². The van der Waals surface area contributed by atoms with Gasteiger partial charge in [0.05, 0.1) is 5.02 Å². The van der Waals surface area contributed by atoms with E-state index in [9.17, 15) is 0 Å². The topological polar surface area (TPSA) is 38.3 Å². The maximum Gasteiger partial charge on any atom is 0.146 e. The molecule has 0 atom stereocenters. The third kappa shape index (κ3) is 4.13. The summed E-state index contributed by atoms with van der Waals surface area (Å²) in [5, 5.41) is 1.85. The summed E-state index contributed by atoms with van der Waals surface area (Å²) in [4.78, 5) is 10.8. The van der Waals surface area contributed by atoms with Crippen LogP contribution in [0.2, 0.25) is 10.2 Å². The van der Waals surface area contributed by atoms with Crippen molar-refractivity contribution in [2.24, 2.45) is 0 Å². The molecule has 4 nitrogen and oxygen atoms in total. The third-order valence-corrected chi connectivity index (χ3v) is 4.96. The van der Waals surface area contributed by atoms with Crippen molar-refractivity contribution < 1.29 is 4.74 Å². The van der Waals surface area contributed by atoms with Crippen molar-refractivity contribution in [3.63, 3.8) is 0 Å². The third-order valence-electron chi connectivity index (χ3n) is 4.28. The lowest BCUT2D eigenvalue weighted by molar-refractivity contribution is 0.309. The zero-order valence-corrected chi connectivity index (χ0v) is 17.6. The summed E-state index contributed by atoms with van der Waals surface area (Å²) in [5.41, 5.74) is 4.44. The minimum atomic E-state index is 0.207. The Balaban J connectivity index is 2.08. The summed E-state index contributed by atoms with van der Waals surface area (Å²) < 4.78 is 6.05. The molecule has 6 heteroatoms. The van der Waals surface area contributed by atoms with Crippen LogP contribution in [0.25, 0.3) is 16.6 Å². The average Bonchev–Trinajstić information content (AvgIpc) is 2.65. The van der Waals surface area contributed by atoms with Gasteiger partial charge in [0, 0.05) is 48.2 Å². The Kier molecular flexibility index (Phi) is 6.22. The van der Waals surface area contributed by atoms with Gasteiger partial charge < -0.3 is 9.64 Å². The number of aromatic nitrogens is 2. The van der Waals surface area contributed by atoms with Gasteiger partial charge in [-0.25, -0.2) is 9.97 Å². The Morgan fingerprint density at radius 1 is 1.25 bits per heavy atom. The van der Waals surface area contributed by atoms with E-state index in [2.05, 4.69) is 22.5 Å². The summed E-state index contributed by atoms with van der Waals surface area (Å²) >= 11 is 12.4. The van der Waals surface area contributed by atoms with Gasteiger partial charge in [-0.1, -0.05) is 48.0 Å². The molecule has 0 aliphatic carbocycles. The number of ether oxygens (including phenoxy) is 1. The van der Waals surface area contributed by atoms with E-state index >= 15 is 0 Å². The van der Waals surface area contributed by atoms with E-state index in [1.807, 2.05) is 45.3 Å². The Hall–Kier alpha value is -2.56. The van der Waals surface area contributed by atoms with E-state index in [1.54, 1.807) is 18.3 Å². The molecule has 0 bridgehead atoms. The SMILES string of the molecule is C=C/C=C(/c1cc(C)nc2c(OCc3c(Cl)ccnc3Cl)cccc12)N(C)C. The fraction of sp³-hybridized carbons (Fsp3) is 0.182. The number of hydrogen-bond donors (Lipinski definition) is 0. The molecular formula is C22H21Cl2N3O. The molecule has 0 saturated carbocycles. The first-order valence-corrected chi connectivity index (χ1v) is 9.50. The van der Waals surface area contributed by atoms with Crippen molar-refractivity contribution in [3.8, 4) is 5.75 Å². The molecule has 0 amide bonds. The summed E-state index contributed by atoms with van der Waals surface area (Å²) in [7, 11) is 4.01. The van der Waals surface area contributed by atoms with Crippen LogP contribution in [-0.2, 0) is 6.61 Å². The Labute approximate surface area is 175 Å². The summed E-state index contributed by atoms with van der Waals surface area (Å²) in [6, 6.07) is 9.64. The number of rotatable bonds is 6. The molecule has 0 saturated heterocycles. The number of benzene rings is 1. The number of pyridine rings is 2. The van der Waals surface area contributed by atoms with E-state index in [0.717, 1.165) is 27.9 Å². The second-order valence-corrected chi connectivity index (χ2v) is 7.26. The minimum Gasteiger partial charge on any atom is -0.486 e.